The molecule has 0 saturated heterocycles. The first-order valence-corrected chi connectivity index (χ1v) is 5.59. The third kappa shape index (κ3) is 2.09. The molecule has 1 atom stereocenters. The molecule has 0 aliphatic carbocycles. The Morgan fingerprint density at radius 1 is 1.56 bits per heavy atom. The van der Waals surface area contributed by atoms with E-state index in [4.69, 9.17) is 15.6 Å². The van der Waals surface area contributed by atoms with Crippen molar-refractivity contribution >= 4 is 23.3 Å². The molecule has 0 aromatic heterocycles. The van der Waals surface area contributed by atoms with E-state index in [1.807, 2.05) is 0 Å². The largest absolute Gasteiger partial charge is 0.481 e. The van der Waals surface area contributed by atoms with Crippen molar-refractivity contribution in [2.24, 2.45) is 0 Å². The Kier molecular flexibility index (Phi) is 3.10. The van der Waals surface area contributed by atoms with Gasteiger partial charge in [-0.25, -0.2) is 0 Å². The molecule has 0 radical (unpaired) electrons. The number of nitrogen functional groups attached to an aromatic ring is 1. The van der Waals surface area contributed by atoms with E-state index in [0.717, 1.165) is 0 Å². The van der Waals surface area contributed by atoms with Gasteiger partial charge in [-0.15, -0.1) is 0 Å². The highest BCUT2D eigenvalue weighted by atomic mass is 16.5. The van der Waals surface area contributed by atoms with Gasteiger partial charge in [-0.3, -0.25) is 9.59 Å². The van der Waals surface area contributed by atoms with Crippen LogP contribution in [0.4, 0.5) is 11.4 Å². The number of carboxylic acid groups (broad SMARTS) is 1. The standard InChI is InChI=1S/C12H14N2O4/c1-7-12(17)14(6-5-10(15)16)11-8(13)3-2-4-9(11)18-7/h2-4,7H,5-6,13H2,1H3,(H,15,16). The van der Waals surface area contributed by atoms with Crippen LogP contribution in [0, 0.1) is 0 Å². The molecule has 6 nitrogen and oxygen atoms in total. The fourth-order valence-electron chi connectivity index (χ4n) is 1.92. The van der Waals surface area contributed by atoms with E-state index in [0.29, 0.717) is 17.1 Å². The summed E-state index contributed by atoms with van der Waals surface area (Å²) < 4.78 is 5.44. The van der Waals surface area contributed by atoms with E-state index in [-0.39, 0.29) is 18.9 Å². The van der Waals surface area contributed by atoms with Crippen molar-refractivity contribution in [3.05, 3.63) is 18.2 Å². The highest BCUT2D eigenvalue weighted by molar-refractivity contribution is 6.03. The second-order valence-electron chi connectivity index (χ2n) is 4.09. The first-order valence-electron chi connectivity index (χ1n) is 5.59. The second kappa shape index (κ2) is 4.56. The summed E-state index contributed by atoms with van der Waals surface area (Å²) in [6.07, 6.45) is -0.764. The molecule has 1 amide bonds. The van der Waals surface area contributed by atoms with Crippen molar-refractivity contribution < 1.29 is 19.4 Å². The molecule has 1 aromatic carbocycles. The molecule has 96 valence electrons. The molecule has 0 spiro atoms. The molecule has 3 N–H and O–H groups in total. The van der Waals surface area contributed by atoms with Crippen molar-refractivity contribution in [1.82, 2.24) is 0 Å². The van der Waals surface area contributed by atoms with Crippen LogP contribution in [0.5, 0.6) is 5.75 Å². The fraction of sp³-hybridized carbons (Fsp3) is 0.333. The van der Waals surface area contributed by atoms with Gasteiger partial charge in [0.05, 0.1) is 12.1 Å². The predicted molar refractivity (Wildman–Crippen MR) is 65.6 cm³/mol. The minimum absolute atomic E-state index is 0.0864. The van der Waals surface area contributed by atoms with Gasteiger partial charge < -0.3 is 20.5 Å². The number of fused-ring (bicyclic) bond motifs is 1. The molecule has 6 heteroatoms. The lowest BCUT2D eigenvalue weighted by atomic mass is 10.1. The zero-order valence-electron chi connectivity index (χ0n) is 9.92. The van der Waals surface area contributed by atoms with Gasteiger partial charge in [0.15, 0.2) is 6.10 Å². The summed E-state index contributed by atoms with van der Waals surface area (Å²) in [5.41, 5.74) is 6.69. The van der Waals surface area contributed by atoms with Crippen LogP contribution in [0.1, 0.15) is 13.3 Å². The molecule has 0 fully saturated rings. The molecular formula is C12H14N2O4. The molecule has 0 saturated carbocycles. The number of anilines is 2. The number of para-hydroxylation sites is 1. The maximum absolute atomic E-state index is 12.0. The average molecular weight is 250 g/mol. The van der Waals surface area contributed by atoms with Gasteiger partial charge >= 0.3 is 5.97 Å². The maximum atomic E-state index is 12.0. The lowest BCUT2D eigenvalue weighted by Gasteiger charge is -2.33. The molecule has 1 unspecified atom stereocenters. The van der Waals surface area contributed by atoms with Crippen LogP contribution in [-0.4, -0.2) is 29.6 Å². The molecular weight excluding hydrogens is 236 g/mol. The number of amides is 1. The van der Waals surface area contributed by atoms with E-state index in [1.165, 1.54) is 4.90 Å². The fourth-order valence-corrected chi connectivity index (χ4v) is 1.92. The summed E-state index contributed by atoms with van der Waals surface area (Å²) in [4.78, 5) is 24.0. The third-order valence-electron chi connectivity index (χ3n) is 2.77. The lowest BCUT2D eigenvalue weighted by molar-refractivity contribution is -0.136. The van der Waals surface area contributed by atoms with Crippen LogP contribution in [0.3, 0.4) is 0 Å². The number of nitrogens with zero attached hydrogens (tertiary/aromatic N) is 1. The number of carbonyl (C=O) groups excluding carboxylic acids is 1. The number of hydrogen-bond donors (Lipinski definition) is 2. The number of hydrogen-bond acceptors (Lipinski definition) is 4. The van der Waals surface area contributed by atoms with E-state index in [9.17, 15) is 9.59 Å². The van der Waals surface area contributed by atoms with Crippen LogP contribution < -0.4 is 15.4 Å². The van der Waals surface area contributed by atoms with Crippen LogP contribution in [-0.2, 0) is 9.59 Å². The van der Waals surface area contributed by atoms with Crippen LogP contribution in [0.2, 0.25) is 0 Å². The summed E-state index contributed by atoms with van der Waals surface area (Å²) in [5, 5.41) is 8.71. The zero-order chi connectivity index (χ0) is 13.3. The Bertz CT molecular complexity index is 501. The van der Waals surface area contributed by atoms with E-state index >= 15 is 0 Å². The number of carbonyl (C=O) groups is 2. The minimum atomic E-state index is -0.960. The van der Waals surface area contributed by atoms with Gasteiger partial charge in [-0.2, -0.15) is 0 Å². The van der Waals surface area contributed by atoms with Gasteiger partial charge in [0, 0.05) is 6.54 Å². The molecule has 2 rings (SSSR count). The Labute approximate surface area is 104 Å². The number of aliphatic carboxylic acids is 1. The molecule has 1 aliphatic heterocycles. The van der Waals surface area contributed by atoms with Gasteiger partial charge in [0.2, 0.25) is 0 Å². The summed E-state index contributed by atoms with van der Waals surface area (Å²) in [6, 6.07) is 5.09. The topological polar surface area (TPSA) is 92.9 Å². The number of ether oxygens (including phenoxy) is 1. The van der Waals surface area contributed by atoms with E-state index in [2.05, 4.69) is 0 Å². The van der Waals surface area contributed by atoms with E-state index in [1.54, 1.807) is 25.1 Å². The highest BCUT2D eigenvalue weighted by Gasteiger charge is 2.32. The number of carboxylic acids is 1. The smallest absolute Gasteiger partial charge is 0.305 e. The number of benzene rings is 1. The Morgan fingerprint density at radius 2 is 2.28 bits per heavy atom. The van der Waals surface area contributed by atoms with Crippen molar-refractivity contribution in [3.8, 4) is 5.75 Å². The van der Waals surface area contributed by atoms with Crippen molar-refractivity contribution in [2.75, 3.05) is 17.2 Å². The summed E-state index contributed by atoms with van der Waals surface area (Å²) in [5.74, 6) is -0.730. The first-order chi connectivity index (χ1) is 8.50. The molecule has 1 aliphatic rings. The summed E-state index contributed by atoms with van der Waals surface area (Å²) in [7, 11) is 0. The van der Waals surface area contributed by atoms with Gasteiger partial charge in [-0.1, -0.05) is 6.07 Å². The summed E-state index contributed by atoms with van der Waals surface area (Å²) in [6.45, 7) is 1.71. The number of nitrogens with two attached hydrogens (primary N) is 1. The molecule has 0 bridgehead atoms. The first kappa shape index (κ1) is 12.2. The Hall–Kier alpha value is -2.24. The van der Waals surface area contributed by atoms with Crippen molar-refractivity contribution in [2.45, 2.75) is 19.4 Å². The quantitative estimate of drug-likeness (QED) is 0.776. The lowest BCUT2D eigenvalue weighted by Crippen LogP contribution is -2.45. The van der Waals surface area contributed by atoms with Gasteiger partial charge in [0.1, 0.15) is 11.4 Å². The third-order valence-corrected chi connectivity index (χ3v) is 2.77. The van der Waals surface area contributed by atoms with Gasteiger partial charge in [-0.05, 0) is 19.1 Å². The van der Waals surface area contributed by atoms with Crippen molar-refractivity contribution in [1.29, 1.82) is 0 Å². The van der Waals surface area contributed by atoms with Gasteiger partial charge in [0.25, 0.3) is 5.91 Å². The van der Waals surface area contributed by atoms with Crippen molar-refractivity contribution in [3.63, 3.8) is 0 Å². The van der Waals surface area contributed by atoms with Crippen LogP contribution >= 0.6 is 0 Å². The second-order valence-corrected chi connectivity index (χ2v) is 4.09. The number of rotatable bonds is 3. The monoisotopic (exact) mass is 250 g/mol. The highest BCUT2D eigenvalue weighted by Crippen LogP contribution is 2.38. The molecule has 1 heterocycles. The Morgan fingerprint density at radius 3 is 2.94 bits per heavy atom. The van der Waals surface area contributed by atoms with E-state index < -0.39 is 12.1 Å². The average Bonchev–Trinajstić information content (AvgIpc) is 2.30. The van der Waals surface area contributed by atoms with Crippen LogP contribution in [0.25, 0.3) is 0 Å². The Balaban J connectivity index is 2.38. The van der Waals surface area contributed by atoms with Crippen LogP contribution in [0.15, 0.2) is 18.2 Å². The normalized spacial score (nSPS) is 18.2. The predicted octanol–water partition coefficient (Wildman–Crippen LogP) is 0.857. The molecule has 18 heavy (non-hydrogen) atoms. The molecule has 1 aromatic rings. The zero-order valence-corrected chi connectivity index (χ0v) is 9.92. The minimum Gasteiger partial charge on any atom is -0.481 e. The maximum Gasteiger partial charge on any atom is 0.305 e. The SMILES string of the molecule is CC1Oc2cccc(N)c2N(CCC(=O)O)C1=O. The summed E-state index contributed by atoms with van der Waals surface area (Å²) >= 11 is 0.